The number of nitrogens with zero attached hydrogens (tertiary/aromatic N) is 1. The molecular weight excluding hydrogens is 168 g/mol. The Bertz CT molecular complexity index is 140. The zero-order chi connectivity index (χ0) is 10.3. The summed E-state index contributed by atoms with van der Waals surface area (Å²) in [4.78, 5) is 9.92. The van der Waals surface area contributed by atoms with Gasteiger partial charge < -0.3 is 5.32 Å². The van der Waals surface area contributed by atoms with Gasteiger partial charge in [0.05, 0.1) is 6.54 Å². The van der Waals surface area contributed by atoms with E-state index in [0.717, 1.165) is 25.3 Å². The molecule has 4 heteroatoms. The lowest BCUT2D eigenvalue weighted by molar-refractivity contribution is -0.522. The van der Waals surface area contributed by atoms with E-state index in [1.165, 1.54) is 0 Å². The highest BCUT2D eigenvalue weighted by atomic mass is 16.6. The van der Waals surface area contributed by atoms with Crippen molar-refractivity contribution in [1.82, 2.24) is 5.32 Å². The molecule has 1 rings (SSSR count). The van der Waals surface area contributed by atoms with E-state index in [0.29, 0.717) is 6.54 Å². The lowest BCUT2D eigenvalue weighted by Gasteiger charge is -2.15. The van der Waals surface area contributed by atoms with Crippen molar-refractivity contribution in [2.75, 3.05) is 13.1 Å². The van der Waals surface area contributed by atoms with Crippen LogP contribution in [0.5, 0.6) is 0 Å². The molecule has 0 amide bonds. The van der Waals surface area contributed by atoms with Crippen LogP contribution < -0.4 is 5.32 Å². The van der Waals surface area contributed by atoms with E-state index in [2.05, 4.69) is 26.1 Å². The van der Waals surface area contributed by atoms with E-state index in [-0.39, 0.29) is 11.0 Å². The van der Waals surface area contributed by atoms with Crippen LogP contribution in [0, 0.1) is 16.0 Å². The smallest absolute Gasteiger partial charge is 0.225 e. The van der Waals surface area contributed by atoms with Crippen molar-refractivity contribution in [1.29, 1.82) is 0 Å². The summed E-state index contributed by atoms with van der Waals surface area (Å²) in [6.07, 6.45) is 1.67. The van der Waals surface area contributed by atoms with Gasteiger partial charge in [0.15, 0.2) is 0 Å². The fourth-order valence-electron chi connectivity index (χ4n) is 1.01. The van der Waals surface area contributed by atoms with E-state index in [1.807, 2.05) is 0 Å². The second-order valence-corrected chi connectivity index (χ2v) is 4.02. The third-order valence-corrected chi connectivity index (χ3v) is 1.57. The Morgan fingerprint density at radius 1 is 1.46 bits per heavy atom. The van der Waals surface area contributed by atoms with Crippen molar-refractivity contribution in [2.24, 2.45) is 5.92 Å². The van der Waals surface area contributed by atoms with Gasteiger partial charge in [-0.25, -0.2) is 0 Å². The first kappa shape index (κ1) is 12.4. The summed E-state index contributed by atoms with van der Waals surface area (Å²) < 4.78 is 0. The molecule has 0 aromatic heterocycles. The van der Waals surface area contributed by atoms with Gasteiger partial charge in [0.25, 0.3) is 0 Å². The Morgan fingerprint density at radius 3 is 2.23 bits per heavy atom. The summed E-state index contributed by atoms with van der Waals surface area (Å²) in [5, 5.41) is 13.1. The molecule has 1 atom stereocenters. The molecule has 13 heavy (non-hydrogen) atoms. The number of hydrogen-bond donors (Lipinski definition) is 1. The molecule has 4 nitrogen and oxygen atoms in total. The van der Waals surface area contributed by atoms with Gasteiger partial charge in [-0.3, -0.25) is 10.1 Å². The summed E-state index contributed by atoms with van der Waals surface area (Å²) in [7, 11) is 0. The Labute approximate surface area is 79.9 Å². The maximum atomic E-state index is 10.1. The third kappa shape index (κ3) is 7.71. The number of hydrogen-bond acceptors (Lipinski definition) is 3. The van der Waals surface area contributed by atoms with Crippen molar-refractivity contribution in [2.45, 2.75) is 39.7 Å². The van der Waals surface area contributed by atoms with Crippen molar-refractivity contribution in [3.05, 3.63) is 10.1 Å². The standard InChI is InChI=1S/C5H10N2O2.C4H10/c8-7(9)5-2-1-3-6-4-5;1-4(2)3/h5-6H,1-4H2;4H,1-3H3. The maximum absolute atomic E-state index is 10.1. The molecule has 0 aromatic rings. The number of nitro groups is 1. The summed E-state index contributed by atoms with van der Waals surface area (Å²) in [5.41, 5.74) is 0. The Kier molecular flexibility index (Phi) is 6.49. The molecule has 0 spiro atoms. The van der Waals surface area contributed by atoms with Crippen molar-refractivity contribution >= 4 is 0 Å². The SMILES string of the molecule is CC(C)C.O=[N+]([O-])C1CCCNC1. The quantitative estimate of drug-likeness (QED) is 0.503. The second kappa shape index (κ2) is 6.83. The highest BCUT2D eigenvalue weighted by Crippen LogP contribution is 2.03. The molecule has 1 saturated heterocycles. The van der Waals surface area contributed by atoms with Crippen LogP contribution in [-0.4, -0.2) is 24.1 Å². The number of piperidine rings is 1. The van der Waals surface area contributed by atoms with Crippen molar-refractivity contribution in [3.63, 3.8) is 0 Å². The van der Waals surface area contributed by atoms with Gasteiger partial charge in [0.2, 0.25) is 6.04 Å². The van der Waals surface area contributed by atoms with Crippen LogP contribution in [0.2, 0.25) is 0 Å². The van der Waals surface area contributed by atoms with Gasteiger partial charge in [-0.15, -0.1) is 0 Å². The van der Waals surface area contributed by atoms with E-state index in [1.54, 1.807) is 0 Å². The van der Waals surface area contributed by atoms with Crippen LogP contribution in [0.3, 0.4) is 0 Å². The van der Waals surface area contributed by atoms with Crippen molar-refractivity contribution in [3.8, 4) is 0 Å². The van der Waals surface area contributed by atoms with Crippen molar-refractivity contribution < 1.29 is 4.92 Å². The monoisotopic (exact) mass is 188 g/mol. The highest BCUT2D eigenvalue weighted by Gasteiger charge is 2.21. The average Bonchev–Trinajstić information content (AvgIpc) is 2.05. The maximum Gasteiger partial charge on any atom is 0.225 e. The van der Waals surface area contributed by atoms with Gasteiger partial charge in [0, 0.05) is 11.3 Å². The largest absolute Gasteiger partial charge is 0.310 e. The minimum Gasteiger partial charge on any atom is -0.310 e. The topological polar surface area (TPSA) is 55.2 Å². The Morgan fingerprint density at radius 2 is 2.00 bits per heavy atom. The van der Waals surface area contributed by atoms with Gasteiger partial charge in [0.1, 0.15) is 0 Å². The summed E-state index contributed by atoms with van der Waals surface area (Å²) >= 11 is 0. The van der Waals surface area contributed by atoms with Crippen LogP contribution in [0.1, 0.15) is 33.6 Å². The zero-order valence-electron chi connectivity index (χ0n) is 8.75. The summed E-state index contributed by atoms with van der Waals surface area (Å²) in [6, 6.07) is -0.334. The van der Waals surface area contributed by atoms with Gasteiger partial charge in [-0.05, 0) is 18.9 Å². The van der Waals surface area contributed by atoms with Gasteiger partial charge >= 0.3 is 0 Å². The second-order valence-electron chi connectivity index (χ2n) is 4.02. The molecular formula is C9H20N2O2. The molecule has 1 aliphatic heterocycles. The van der Waals surface area contributed by atoms with Gasteiger partial charge in [-0.2, -0.15) is 0 Å². The lowest BCUT2D eigenvalue weighted by atomic mass is 10.1. The number of nitrogens with one attached hydrogen (secondary N) is 1. The Hall–Kier alpha value is -0.640. The minimum atomic E-state index is -0.334. The van der Waals surface area contributed by atoms with Crippen LogP contribution in [0.4, 0.5) is 0 Å². The first-order valence-corrected chi connectivity index (χ1v) is 4.88. The average molecular weight is 188 g/mol. The lowest BCUT2D eigenvalue weighted by Crippen LogP contribution is -2.38. The minimum absolute atomic E-state index is 0.202. The van der Waals surface area contributed by atoms with Crippen LogP contribution in [-0.2, 0) is 0 Å². The number of rotatable bonds is 1. The summed E-state index contributed by atoms with van der Waals surface area (Å²) in [5.74, 6) is 0.833. The summed E-state index contributed by atoms with van der Waals surface area (Å²) in [6.45, 7) is 7.98. The van der Waals surface area contributed by atoms with Crippen LogP contribution in [0.25, 0.3) is 0 Å². The predicted molar refractivity (Wildman–Crippen MR) is 53.4 cm³/mol. The van der Waals surface area contributed by atoms with E-state index in [9.17, 15) is 10.1 Å². The van der Waals surface area contributed by atoms with E-state index >= 15 is 0 Å². The van der Waals surface area contributed by atoms with E-state index < -0.39 is 0 Å². The van der Waals surface area contributed by atoms with Crippen LogP contribution >= 0.6 is 0 Å². The first-order chi connectivity index (χ1) is 6.04. The van der Waals surface area contributed by atoms with Crippen LogP contribution in [0.15, 0.2) is 0 Å². The molecule has 0 radical (unpaired) electrons. The molecule has 1 unspecified atom stereocenters. The van der Waals surface area contributed by atoms with E-state index in [4.69, 9.17) is 0 Å². The molecule has 1 aliphatic rings. The normalized spacial score (nSPS) is 22.0. The molecule has 1 heterocycles. The fourth-order valence-corrected chi connectivity index (χ4v) is 1.01. The molecule has 0 aromatic carbocycles. The predicted octanol–water partition coefficient (Wildman–Crippen LogP) is 1.68. The Balaban J connectivity index is 0.000000310. The molecule has 0 saturated carbocycles. The molecule has 1 fully saturated rings. The first-order valence-electron chi connectivity index (χ1n) is 4.88. The molecule has 1 N–H and O–H groups in total. The molecule has 0 bridgehead atoms. The zero-order valence-corrected chi connectivity index (χ0v) is 8.75. The molecule has 78 valence electrons. The third-order valence-electron chi connectivity index (χ3n) is 1.57. The molecule has 0 aliphatic carbocycles. The highest BCUT2D eigenvalue weighted by molar-refractivity contribution is 4.66. The van der Waals surface area contributed by atoms with Gasteiger partial charge in [-0.1, -0.05) is 20.8 Å². The fraction of sp³-hybridized carbons (Fsp3) is 1.00.